The lowest BCUT2D eigenvalue weighted by atomic mass is 10.1. The standard InChI is InChI=1S/C13H17N5O3/c1-7(12-8(2)17-21-9(12)3)15-10-5-4-6-11(16-14)13(10)18(19)20/h4-7,15-16H,14H2,1-3H3. The summed E-state index contributed by atoms with van der Waals surface area (Å²) < 4.78 is 5.12. The predicted molar refractivity (Wildman–Crippen MR) is 78.9 cm³/mol. The average molecular weight is 291 g/mol. The topological polar surface area (TPSA) is 119 Å². The van der Waals surface area contributed by atoms with E-state index >= 15 is 0 Å². The van der Waals surface area contributed by atoms with Gasteiger partial charge in [-0.1, -0.05) is 11.2 Å². The fourth-order valence-corrected chi connectivity index (χ4v) is 2.39. The maximum Gasteiger partial charge on any atom is 0.316 e. The molecule has 112 valence electrons. The van der Waals surface area contributed by atoms with E-state index < -0.39 is 4.92 Å². The third-order valence-corrected chi connectivity index (χ3v) is 3.27. The lowest BCUT2D eigenvalue weighted by molar-refractivity contribution is -0.383. The van der Waals surface area contributed by atoms with Gasteiger partial charge >= 0.3 is 5.69 Å². The number of nitrogens with zero attached hydrogens (tertiary/aromatic N) is 2. The molecule has 0 aliphatic rings. The van der Waals surface area contributed by atoms with Gasteiger partial charge in [-0.2, -0.15) is 0 Å². The Morgan fingerprint density at radius 3 is 2.57 bits per heavy atom. The van der Waals surface area contributed by atoms with Gasteiger partial charge in [0.2, 0.25) is 0 Å². The van der Waals surface area contributed by atoms with Crippen LogP contribution in [-0.2, 0) is 0 Å². The van der Waals surface area contributed by atoms with Crippen molar-refractivity contribution in [2.45, 2.75) is 26.8 Å². The number of rotatable bonds is 5. The Kier molecular flexibility index (Phi) is 4.08. The van der Waals surface area contributed by atoms with Gasteiger partial charge in [0.15, 0.2) is 0 Å². The highest BCUT2D eigenvalue weighted by Crippen LogP contribution is 2.35. The zero-order chi connectivity index (χ0) is 15.6. The van der Waals surface area contributed by atoms with Crippen LogP contribution in [0, 0.1) is 24.0 Å². The molecule has 1 atom stereocenters. The van der Waals surface area contributed by atoms with Crippen LogP contribution in [-0.4, -0.2) is 10.1 Å². The molecule has 0 spiro atoms. The van der Waals surface area contributed by atoms with Gasteiger partial charge in [0.05, 0.1) is 16.7 Å². The van der Waals surface area contributed by atoms with E-state index in [2.05, 4.69) is 15.9 Å². The van der Waals surface area contributed by atoms with Crippen molar-refractivity contribution in [2.24, 2.45) is 5.84 Å². The molecule has 1 unspecified atom stereocenters. The highest BCUT2D eigenvalue weighted by atomic mass is 16.6. The van der Waals surface area contributed by atoms with Crippen molar-refractivity contribution in [3.05, 3.63) is 45.3 Å². The van der Waals surface area contributed by atoms with Crippen molar-refractivity contribution in [2.75, 3.05) is 10.7 Å². The number of hydrogen-bond acceptors (Lipinski definition) is 7. The lowest BCUT2D eigenvalue weighted by Gasteiger charge is -2.16. The summed E-state index contributed by atoms with van der Waals surface area (Å²) in [5.41, 5.74) is 4.50. The molecule has 1 heterocycles. The molecule has 2 aromatic rings. The minimum absolute atomic E-state index is 0.0985. The molecule has 4 N–H and O–H groups in total. The quantitative estimate of drug-likeness (QED) is 0.440. The first-order valence-corrected chi connectivity index (χ1v) is 6.39. The number of nitrogens with one attached hydrogen (secondary N) is 2. The smallest absolute Gasteiger partial charge is 0.316 e. The molecule has 8 nitrogen and oxygen atoms in total. The van der Waals surface area contributed by atoms with Crippen LogP contribution in [0.15, 0.2) is 22.7 Å². The molecule has 21 heavy (non-hydrogen) atoms. The highest BCUT2D eigenvalue weighted by Gasteiger charge is 2.23. The molecular weight excluding hydrogens is 274 g/mol. The van der Waals surface area contributed by atoms with E-state index in [9.17, 15) is 10.1 Å². The van der Waals surface area contributed by atoms with Crippen LogP contribution >= 0.6 is 0 Å². The van der Waals surface area contributed by atoms with Gasteiger partial charge in [0, 0.05) is 5.56 Å². The molecule has 0 radical (unpaired) electrons. The highest BCUT2D eigenvalue weighted by molar-refractivity contribution is 5.76. The first kappa shape index (κ1) is 14.8. The van der Waals surface area contributed by atoms with Gasteiger partial charge in [-0.25, -0.2) is 0 Å². The van der Waals surface area contributed by atoms with Crippen molar-refractivity contribution in [1.82, 2.24) is 5.16 Å². The summed E-state index contributed by atoms with van der Waals surface area (Å²) in [4.78, 5) is 10.8. The van der Waals surface area contributed by atoms with E-state index in [0.29, 0.717) is 11.4 Å². The Bertz CT molecular complexity index is 648. The van der Waals surface area contributed by atoms with Crippen LogP contribution in [0.2, 0.25) is 0 Å². The second-order valence-electron chi connectivity index (χ2n) is 4.71. The van der Waals surface area contributed by atoms with Gasteiger partial charge < -0.3 is 15.3 Å². The zero-order valence-electron chi connectivity index (χ0n) is 12.0. The van der Waals surface area contributed by atoms with Gasteiger partial charge in [0.25, 0.3) is 0 Å². The number of anilines is 2. The average Bonchev–Trinajstić information content (AvgIpc) is 2.77. The molecule has 0 aliphatic heterocycles. The van der Waals surface area contributed by atoms with Crippen molar-refractivity contribution < 1.29 is 9.45 Å². The number of nitro groups is 1. The number of nitrogens with two attached hydrogens (primary N) is 1. The number of benzene rings is 1. The maximum atomic E-state index is 11.2. The fourth-order valence-electron chi connectivity index (χ4n) is 2.39. The second-order valence-corrected chi connectivity index (χ2v) is 4.71. The molecular formula is C13H17N5O3. The zero-order valence-corrected chi connectivity index (χ0v) is 12.0. The van der Waals surface area contributed by atoms with Gasteiger partial charge in [-0.05, 0) is 32.9 Å². The number of nitrogen functional groups attached to an aromatic ring is 1. The summed E-state index contributed by atoms with van der Waals surface area (Å²) in [6.07, 6.45) is 0. The normalized spacial score (nSPS) is 12.0. The van der Waals surface area contributed by atoms with E-state index in [4.69, 9.17) is 10.4 Å². The van der Waals surface area contributed by atoms with E-state index in [1.807, 2.05) is 13.8 Å². The van der Waals surface area contributed by atoms with Crippen molar-refractivity contribution >= 4 is 17.1 Å². The van der Waals surface area contributed by atoms with Crippen molar-refractivity contribution in [1.29, 1.82) is 0 Å². The van der Waals surface area contributed by atoms with Crippen LogP contribution in [0.3, 0.4) is 0 Å². The third kappa shape index (κ3) is 2.79. The number of hydrogen-bond donors (Lipinski definition) is 3. The summed E-state index contributed by atoms with van der Waals surface area (Å²) >= 11 is 0. The predicted octanol–water partition coefficient (Wildman–Crippen LogP) is 2.66. The summed E-state index contributed by atoms with van der Waals surface area (Å²) in [5.74, 6) is 6.01. The van der Waals surface area contributed by atoms with Crippen molar-refractivity contribution in [3.8, 4) is 0 Å². The lowest BCUT2D eigenvalue weighted by Crippen LogP contribution is -2.13. The summed E-state index contributed by atoms with van der Waals surface area (Å²) in [6.45, 7) is 5.52. The Hall–Kier alpha value is -2.61. The summed E-state index contributed by atoms with van der Waals surface area (Å²) in [5, 5.41) is 18.2. The Morgan fingerprint density at radius 1 is 1.38 bits per heavy atom. The summed E-state index contributed by atoms with van der Waals surface area (Å²) in [6, 6.07) is 4.67. The molecule has 0 saturated heterocycles. The molecule has 1 aromatic heterocycles. The monoisotopic (exact) mass is 291 g/mol. The molecule has 0 aliphatic carbocycles. The van der Waals surface area contributed by atoms with Gasteiger partial charge in [-0.3, -0.25) is 16.0 Å². The molecule has 0 saturated carbocycles. The van der Waals surface area contributed by atoms with Gasteiger partial charge in [0.1, 0.15) is 17.1 Å². The molecule has 2 rings (SSSR count). The van der Waals surface area contributed by atoms with Crippen LogP contribution < -0.4 is 16.6 Å². The first-order chi connectivity index (χ1) is 9.95. The third-order valence-electron chi connectivity index (χ3n) is 3.27. The number of hydrazine groups is 1. The minimum Gasteiger partial charge on any atom is -0.373 e. The van der Waals surface area contributed by atoms with Crippen LogP contribution in [0.1, 0.15) is 30.0 Å². The SMILES string of the molecule is Cc1noc(C)c1C(C)Nc1cccc(NN)c1[N+](=O)[O-]. The van der Waals surface area contributed by atoms with E-state index in [-0.39, 0.29) is 17.4 Å². The molecule has 0 fully saturated rings. The summed E-state index contributed by atoms with van der Waals surface area (Å²) in [7, 11) is 0. The molecule has 8 heteroatoms. The maximum absolute atomic E-state index is 11.2. The van der Waals surface area contributed by atoms with E-state index in [0.717, 1.165) is 11.3 Å². The van der Waals surface area contributed by atoms with Crippen LogP contribution in [0.4, 0.5) is 17.1 Å². The molecule has 1 aromatic carbocycles. The number of nitro benzene ring substituents is 1. The molecule has 0 amide bonds. The largest absolute Gasteiger partial charge is 0.373 e. The van der Waals surface area contributed by atoms with E-state index in [1.165, 1.54) is 0 Å². The Balaban J connectivity index is 2.38. The van der Waals surface area contributed by atoms with Gasteiger partial charge in [-0.15, -0.1) is 0 Å². The van der Waals surface area contributed by atoms with E-state index in [1.54, 1.807) is 25.1 Å². The van der Waals surface area contributed by atoms with Crippen LogP contribution in [0.5, 0.6) is 0 Å². The first-order valence-electron chi connectivity index (χ1n) is 6.39. The second kappa shape index (κ2) is 5.80. The number of para-hydroxylation sites is 1. The fraction of sp³-hybridized carbons (Fsp3) is 0.308. The number of aromatic nitrogens is 1. The Morgan fingerprint density at radius 2 is 2.05 bits per heavy atom. The number of aryl methyl sites for hydroxylation is 2. The minimum atomic E-state index is -0.475. The Labute approximate surface area is 121 Å². The molecule has 0 bridgehead atoms. The van der Waals surface area contributed by atoms with Crippen molar-refractivity contribution in [3.63, 3.8) is 0 Å². The van der Waals surface area contributed by atoms with Crippen LogP contribution in [0.25, 0.3) is 0 Å².